The molecule has 0 amide bonds. The fourth-order valence-electron chi connectivity index (χ4n) is 2.15. The average molecular weight is 293 g/mol. The number of imidazole rings is 1. The summed E-state index contributed by atoms with van der Waals surface area (Å²) in [6, 6.07) is 6.09. The molecule has 17 heavy (non-hydrogen) atoms. The van der Waals surface area contributed by atoms with Gasteiger partial charge < -0.3 is 9.30 Å². The molecule has 0 atom stereocenters. The van der Waals surface area contributed by atoms with Crippen LogP contribution in [0, 0.1) is 6.92 Å². The van der Waals surface area contributed by atoms with E-state index in [4.69, 9.17) is 4.74 Å². The highest BCUT2D eigenvalue weighted by atomic mass is 79.9. The number of hydrogen-bond acceptors (Lipinski definition) is 2. The summed E-state index contributed by atoms with van der Waals surface area (Å²) in [4.78, 5) is 4.59. The van der Waals surface area contributed by atoms with Gasteiger partial charge in [-0.2, -0.15) is 0 Å². The molecule has 0 N–H and O–H groups in total. The zero-order valence-electron chi connectivity index (χ0n) is 9.61. The summed E-state index contributed by atoms with van der Waals surface area (Å²) in [7, 11) is 0. The Bertz CT molecular complexity index is 563. The predicted octanol–water partition coefficient (Wildman–Crippen LogP) is 3.40. The molecule has 4 heteroatoms. The molecule has 1 aromatic heterocycles. The quantitative estimate of drug-likeness (QED) is 0.744. The number of rotatable bonds is 0. The average Bonchev–Trinajstić information content (AvgIpc) is 2.63. The second-order valence-corrected chi connectivity index (χ2v) is 5.16. The summed E-state index contributed by atoms with van der Waals surface area (Å²) in [6.07, 6.45) is 3.11. The molecule has 0 radical (unpaired) electrons. The van der Waals surface area contributed by atoms with Crippen LogP contribution in [0.5, 0.6) is 5.75 Å². The molecular weight excluding hydrogens is 280 g/mol. The van der Waals surface area contributed by atoms with Crippen LogP contribution in [0.3, 0.4) is 0 Å². The number of ether oxygens (including phenoxy) is 1. The molecule has 3 rings (SSSR count). The third-order valence-electron chi connectivity index (χ3n) is 2.88. The molecule has 1 aliphatic heterocycles. The maximum Gasteiger partial charge on any atom is 0.143 e. The molecule has 0 fully saturated rings. The van der Waals surface area contributed by atoms with Gasteiger partial charge in [-0.3, -0.25) is 0 Å². The lowest BCUT2D eigenvalue weighted by molar-refractivity contribution is 0.298. The monoisotopic (exact) mass is 292 g/mol. The van der Waals surface area contributed by atoms with E-state index in [1.807, 2.05) is 19.1 Å². The summed E-state index contributed by atoms with van der Waals surface area (Å²) in [5, 5.41) is 0. The lowest BCUT2D eigenvalue weighted by atomic mass is 10.1. The van der Waals surface area contributed by atoms with Gasteiger partial charge in [-0.25, -0.2) is 4.98 Å². The van der Waals surface area contributed by atoms with E-state index in [0.29, 0.717) is 0 Å². The van der Waals surface area contributed by atoms with E-state index in [0.717, 1.165) is 46.9 Å². The Morgan fingerprint density at radius 2 is 2.29 bits per heavy atom. The smallest absolute Gasteiger partial charge is 0.143 e. The van der Waals surface area contributed by atoms with Crippen molar-refractivity contribution in [3.8, 4) is 17.1 Å². The van der Waals surface area contributed by atoms with Crippen LogP contribution in [-0.4, -0.2) is 16.2 Å². The number of benzene rings is 1. The lowest BCUT2D eigenvalue weighted by Crippen LogP contribution is -2.09. The van der Waals surface area contributed by atoms with E-state index in [1.54, 1.807) is 0 Å². The molecule has 0 bridgehead atoms. The Balaban J connectivity index is 2.21. The zero-order valence-corrected chi connectivity index (χ0v) is 11.2. The minimum absolute atomic E-state index is 0.750. The van der Waals surface area contributed by atoms with Gasteiger partial charge in [0.05, 0.1) is 17.9 Å². The molecule has 0 saturated heterocycles. The molecular formula is C13H13BrN2O. The molecule has 1 aromatic carbocycles. The second-order valence-electron chi connectivity index (χ2n) is 4.24. The van der Waals surface area contributed by atoms with Crippen LogP contribution in [0.1, 0.15) is 12.1 Å². The van der Waals surface area contributed by atoms with Crippen molar-refractivity contribution in [1.29, 1.82) is 0 Å². The minimum Gasteiger partial charge on any atom is -0.493 e. The first kappa shape index (κ1) is 10.8. The third kappa shape index (κ3) is 1.97. The van der Waals surface area contributed by atoms with Crippen LogP contribution in [0.25, 0.3) is 11.4 Å². The standard InChI is InChI=1S/C13H13BrN2O/c1-9-8-16-5-2-6-17-12-7-10(14)3-4-11(12)13(16)15-9/h3-4,7-8H,2,5-6H2,1H3. The predicted molar refractivity (Wildman–Crippen MR) is 70.2 cm³/mol. The molecule has 2 heterocycles. The van der Waals surface area contributed by atoms with Gasteiger partial charge in [0.25, 0.3) is 0 Å². The van der Waals surface area contributed by atoms with Gasteiger partial charge in [0.15, 0.2) is 0 Å². The maximum atomic E-state index is 5.79. The van der Waals surface area contributed by atoms with Gasteiger partial charge in [0, 0.05) is 17.2 Å². The first-order valence-corrected chi connectivity index (χ1v) is 6.50. The highest BCUT2D eigenvalue weighted by Gasteiger charge is 2.16. The normalized spacial score (nSPS) is 14.2. The van der Waals surface area contributed by atoms with Gasteiger partial charge in [-0.15, -0.1) is 0 Å². The van der Waals surface area contributed by atoms with Crippen LogP contribution in [0.4, 0.5) is 0 Å². The van der Waals surface area contributed by atoms with Crippen molar-refractivity contribution in [1.82, 2.24) is 9.55 Å². The van der Waals surface area contributed by atoms with E-state index in [-0.39, 0.29) is 0 Å². The number of hydrogen-bond donors (Lipinski definition) is 0. The fourth-order valence-corrected chi connectivity index (χ4v) is 2.49. The zero-order chi connectivity index (χ0) is 11.8. The largest absolute Gasteiger partial charge is 0.493 e. The van der Waals surface area contributed by atoms with Crippen LogP contribution >= 0.6 is 15.9 Å². The van der Waals surface area contributed by atoms with Gasteiger partial charge in [-0.05, 0) is 31.5 Å². The van der Waals surface area contributed by atoms with E-state index in [2.05, 4.69) is 37.7 Å². The third-order valence-corrected chi connectivity index (χ3v) is 3.38. The molecule has 3 nitrogen and oxygen atoms in total. The molecule has 0 unspecified atom stereocenters. The first-order chi connectivity index (χ1) is 8.24. The fraction of sp³-hybridized carbons (Fsp3) is 0.308. The molecule has 0 spiro atoms. The Morgan fingerprint density at radius 1 is 1.41 bits per heavy atom. The Morgan fingerprint density at radius 3 is 3.18 bits per heavy atom. The SMILES string of the molecule is Cc1cn2c(n1)-c1ccc(Br)cc1OCCC2. The first-order valence-electron chi connectivity index (χ1n) is 5.70. The van der Waals surface area contributed by atoms with Crippen LogP contribution in [0.2, 0.25) is 0 Å². The van der Waals surface area contributed by atoms with Gasteiger partial charge in [0.2, 0.25) is 0 Å². The van der Waals surface area contributed by atoms with Crippen molar-refractivity contribution < 1.29 is 4.74 Å². The van der Waals surface area contributed by atoms with Gasteiger partial charge >= 0.3 is 0 Å². The molecule has 1 aliphatic rings. The van der Waals surface area contributed by atoms with Crippen LogP contribution < -0.4 is 4.74 Å². The van der Waals surface area contributed by atoms with Crippen molar-refractivity contribution in [2.75, 3.05) is 6.61 Å². The van der Waals surface area contributed by atoms with Crippen molar-refractivity contribution in [3.05, 3.63) is 34.6 Å². The molecule has 88 valence electrons. The molecule has 2 aromatic rings. The summed E-state index contributed by atoms with van der Waals surface area (Å²) < 4.78 is 9.04. The summed E-state index contributed by atoms with van der Waals surface area (Å²) >= 11 is 3.47. The highest BCUT2D eigenvalue weighted by Crippen LogP contribution is 2.33. The number of fused-ring (bicyclic) bond motifs is 3. The van der Waals surface area contributed by atoms with Gasteiger partial charge in [0.1, 0.15) is 11.6 Å². The number of halogens is 1. The summed E-state index contributed by atoms with van der Waals surface area (Å²) in [6.45, 7) is 3.74. The summed E-state index contributed by atoms with van der Waals surface area (Å²) in [5.41, 5.74) is 2.12. The van der Waals surface area contributed by atoms with Gasteiger partial charge in [-0.1, -0.05) is 15.9 Å². The minimum atomic E-state index is 0.750. The van der Waals surface area contributed by atoms with Crippen molar-refractivity contribution in [3.63, 3.8) is 0 Å². The second kappa shape index (κ2) is 4.18. The summed E-state index contributed by atoms with van der Waals surface area (Å²) in [5.74, 6) is 1.91. The number of aryl methyl sites for hydroxylation is 2. The Labute approximate surface area is 109 Å². The van der Waals surface area contributed by atoms with Crippen molar-refractivity contribution in [2.45, 2.75) is 19.9 Å². The number of aromatic nitrogens is 2. The van der Waals surface area contributed by atoms with Crippen molar-refractivity contribution >= 4 is 15.9 Å². The maximum absolute atomic E-state index is 5.79. The van der Waals surface area contributed by atoms with E-state index < -0.39 is 0 Å². The van der Waals surface area contributed by atoms with E-state index >= 15 is 0 Å². The van der Waals surface area contributed by atoms with E-state index in [1.165, 1.54) is 0 Å². The van der Waals surface area contributed by atoms with Crippen LogP contribution in [-0.2, 0) is 6.54 Å². The van der Waals surface area contributed by atoms with Crippen LogP contribution in [0.15, 0.2) is 28.9 Å². The lowest BCUT2D eigenvalue weighted by Gasteiger charge is -2.17. The van der Waals surface area contributed by atoms with Crippen molar-refractivity contribution in [2.24, 2.45) is 0 Å². The highest BCUT2D eigenvalue weighted by molar-refractivity contribution is 9.10. The topological polar surface area (TPSA) is 27.1 Å². The number of nitrogens with zero attached hydrogens (tertiary/aromatic N) is 2. The Hall–Kier alpha value is -1.29. The molecule has 0 aliphatic carbocycles. The van der Waals surface area contributed by atoms with E-state index in [9.17, 15) is 0 Å². The Kier molecular flexibility index (Phi) is 2.67. The molecule has 0 saturated carbocycles.